The molecular formula is C22H19F3N6O. The van der Waals surface area contributed by atoms with E-state index in [1.807, 2.05) is 30.3 Å². The molecule has 0 bridgehead atoms. The molecule has 0 radical (unpaired) electrons. The molecule has 0 aliphatic carbocycles. The predicted molar refractivity (Wildman–Crippen MR) is 115 cm³/mol. The number of alkyl halides is 3. The number of aromatic nitrogens is 4. The average molecular weight is 440 g/mol. The molecule has 3 N–H and O–H groups in total. The van der Waals surface area contributed by atoms with Crippen LogP contribution in [-0.4, -0.2) is 19.9 Å². The highest BCUT2D eigenvalue weighted by Crippen LogP contribution is 2.29. The van der Waals surface area contributed by atoms with Gasteiger partial charge in [-0.05, 0) is 24.3 Å². The zero-order chi connectivity index (χ0) is 21.8. The number of ether oxygens (including phenoxy) is 1. The second-order valence-corrected chi connectivity index (χ2v) is 6.33. The van der Waals surface area contributed by atoms with Gasteiger partial charge < -0.3 is 15.8 Å². The summed E-state index contributed by atoms with van der Waals surface area (Å²) in [4.78, 5) is 15.0. The van der Waals surface area contributed by atoms with Crippen molar-refractivity contribution in [2.45, 2.75) is 13.6 Å². The second kappa shape index (κ2) is 9.29. The lowest BCUT2D eigenvalue weighted by atomic mass is 10.1. The van der Waals surface area contributed by atoms with Gasteiger partial charge >= 0.3 is 6.18 Å². The van der Waals surface area contributed by atoms with Crippen LogP contribution in [0, 0.1) is 0 Å². The molecule has 10 heteroatoms. The van der Waals surface area contributed by atoms with E-state index in [0.29, 0.717) is 22.9 Å². The van der Waals surface area contributed by atoms with E-state index < -0.39 is 12.0 Å². The fourth-order valence-electron chi connectivity index (χ4n) is 2.70. The Morgan fingerprint density at radius 1 is 0.875 bits per heavy atom. The zero-order valence-corrected chi connectivity index (χ0v) is 15.8. The van der Waals surface area contributed by atoms with Gasteiger partial charge in [-0.3, -0.25) is 0 Å². The van der Waals surface area contributed by atoms with Crippen LogP contribution in [0.1, 0.15) is 13.3 Å². The Bertz CT molecular complexity index is 1180. The summed E-state index contributed by atoms with van der Waals surface area (Å²) in [7, 11) is 0. The first kappa shape index (κ1) is 22.5. The molecule has 4 aromatic rings. The second-order valence-electron chi connectivity index (χ2n) is 6.33. The van der Waals surface area contributed by atoms with E-state index in [0.717, 1.165) is 11.8 Å². The summed E-state index contributed by atoms with van der Waals surface area (Å²) >= 11 is 0. The maximum atomic E-state index is 12.7. The third-order valence-electron chi connectivity index (χ3n) is 4.05. The van der Waals surface area contributed by atoms with Crippen molar-refractivity contribution in [2.24, 2.45) is 0 Å². The van der Waals surface area contributed by atoms with Crippen molar-refractivity contribution < 1.29 is 17.9 Å². The summed E-state index contributed by atoms with van der Waals surface area (Å²) in [5.41, 5.74) is 8.06. The Hall–Kier alpha value is -4.21. The van der Waals surface area contributed by atoms with E-state index in [-0.39, 0.29) is 19.3 Å². The lowest BCUT2D eigenvalue weighted by Crippen LogP contribution is -2.10. The number of nitrogens with one attached hydrogen (secondary N) is 1. The van der Waals surface area contributed by atoms with Crippen molar-refractivity contribution in [3.8, 4) is 22.9 Å². The molecule has 164 valence electrons. The van der Waals surface area contributed by atoms with Gasteiger partial charge in [0.15, 0.2) is 0 Å². The van der Waals surface area contributed by atoms with Crippen LogP contribution in [0.3, 0.4) is 0 Å². The lowest BCUT2D eigenvalue weighted by Gasteiger charge is -2.10. The Labute approximate surface area is 182 Å². The Kier molecular flexibility index (Phi) is 6.53. The van der Waals surface area contributed by atoms with Gasteiger partial charge in [-0.15, -0.1) is 0 Å². The molecule has 0 aliphatic rings. The van der Waals surface area contributed by atoms with E-state index >= 15 is 0 Å². The number of rotatable bonds is 5. The van der Waals surface area contributed by atoms with Crippen LogP contribution in [0.25, 0.3) is 11.3 Å². The summed E-state index contributed by atoms with van der Waals surface area (Å²) in [5, 5.41) is 3.11. The van der Waals surface area contributed by atoms with Crippen LogP contribution in [0.15, 0.2) is 72.9 Å². The van der Waals surface area contributed by atoms with E-state index in [1.165, 1.54) is 6.07 Å². The van der Waals surface area contributed by atoms with E-state index in [2.05, 4.69) is 25.3 Å². The minimum Gasteiger partial charge on any atom is -0.439 e. The molecule has 0 saturated heterocycles. The Morgan fingerprint density at radius 3 is 2.28 bits per heavy atom. The third kappa shape index (κ3) is 5.48. The molecule has 7 nitrogen and oxygen atoms in total. The molecule has 0 amide bonds. The molecule has 2 heterocycles. The molecule has 0 spiro atoms. The fourth-order valence-corrected chi connectivity index (χ4v) is 2.70. The van der Waals surface area contributed by atoms with Crippen LogP contribution in [-0.2, 0) is 6.18 Å². The Morgan fingerprint density at radius 2 is 1.59 bits per heavy atom. The van der Waals surface area contributed by atoms with Crippen LogP contribution >= 0.6 is 0 Å². The molecule has 4 rings (SSSR count). The minimum absolute atomic E-state index is 0. The van der Waals surface area contributed by atoms with Crippen molar-refractivity contribution in [3.63, 3.8) is 0 Å². The summed E-state index contributed by atoms with van der Waals surface area (Å²) in [5.74, 6) is -0.554. The highest BCUT2D eigenvalue weighted by molar-refractivity contribution is 5.67. The summed E-state index contributed by atoms with van der Waals surface area (Å²) in [6.07, 6.45) is -3.66. The molecule has 0 aliphatic heterocycles. The van der Waals surface area contributed by atoms with Gasteiger partial charge in [0, 0.05) is 29.6 Å². The number of nitrogen functional groups attached to an aromatic ring is 1. The molecule has 0 saturated carbocycles. The lowest BCUT2D eigenvalue weighted by molar-refractivity contribution is -0.145. The summed E-state index contributed by atoms with van der Waals surface area (Å²) in [6.45, 7) is 0. The highest BCUT2D eigenvalue weighted by atomic mass is 19.4. The summed E-state index contributed by atoms with van der Waals surface area (Å²) in [6, 6.07) is 19.1. The molecule has 0 unspecified atom stereocenters. The number of benzene rings is 2. The third-order valence-corrected chi connectivity index (χ3v) is 4.05. The van der Waals surface area contributed by atoms with Gasteiger partial charge in [-0.1, -0.05) is 37.8 Å². The topological polar surface area (TPSA) is 98.8 Å². The SMILES string of the molecule is C.Nc1nc(Nc2ccc(Oc3ccnc(C(F)(F)F)n3)cc2)cc(-c2ccccc2)n1. The zero-order valence-electron chi connectivity index (χ0n) is 15.8. The smallest absolute Gasteiger partial charge is 0.439 e. The highest BCUT2D eigenvalue weighted by Gasteiger charge is 2.34. The number of hydrogen-bond acceptors (Lipinski definition) is 7. The number of nitrogens with two attached hydrogens (primary N) is 1. The minimum atomic E-state index is -4.65. The monoisotopic (exact) mass is 440 g/mol. The molecule has 0 fully saturated rings. The normalized spacial score (nSPS) is 10.8. The van der Waals surface area contributed by atoms with E-state index in [9.17, 15) is 13.2 Å². The van der Waals surface area contributed by atoms with Gasteiger partial charge in [0.05, 0.1) is 5.69 Å². The maximum Gasteiger partial charge on any atom is 0.451 e. The number of halogens is 3. The van der Waals surface area contributed by atoms with Crippen LogP contribution in [0.4, 0.5) is 30.6 Å². The van der Waals surface area contributed by atoms with Crippen LogP contribution < -0.4 is 15.8 Å². The molecule has 0 atom stereocenters. The van der Waals surface area contributed by atoms with Crippen molar-refractivity contribution in [1.29, 1.82) is 0 Å². The first-order valence-corrected chi connectivity index (χ1v) is 9.02. The van der Waals surface area contributed by atoms with Crippen molar-refractivity contribution in [2.75, 3.05) is 11.1 Å². The van der Waals surface area contributed by atoms with Crippen molar-refractivity contribution >= 4 is 17.5 Å². The van der Waals surface area contributed by atoms with Crippen LogP contribution in [0.5, 0.6) is 11.6 Å². The first-order chi connectivity index (χ1) is 14.9. The number of hydrogen-bond donors (Lipinski definition) is 2. The van der Waals surface area contributed by atoms with E-state index in [4.69, 9.17) is 10.5 Å². The molecule has 2 aromatic carbocycles. The molecular weight excluding hydrogens is 421 g/mol. The predicted octanol–water partition coefficient (Wildman–Crippen LogP) is 5.71. The van der Waals surface area contributed by atoms with Gasteiger partial charge in [-0.2, -0.15) is 23.1 Å². The summed E-state index contributed by atoms with van der Waals surface area (Å²) < 4.78 is 43.6. The first-order valence-electron chi connectivity index (χ1n) is 9.02. The number of nitrogens with zero attached hydrogens (tertiary/aromatic N) is 4. The Balaban J connectivity index is 0.00000289. The fraction of sp³-hybridized carbons (Fsp3) is 0.0909. The largest absolute Gasteiger partial charge is 0.451 e. The van der Waals surface area contributed by atoms with Crippen LogP contribution in [0.2, 0.25) is 0 Å². The molecule has 32 heavy (non-hydrogen) atoms. The van der Waals surface area contributed by atoms with E-state index in [1.54, 1.807) is 30.3 Å². The standard InChI is InChI=1S/C21H15F3N6O.CH4/c22-21(23,24)19-26-11-10-18(30-19)31-15-8-6-14(7-9-15)27-17-12-16(28-20(25)29-17)13-4-2-1-3-5-13;/h1-12H,(H3,25,27,28,29);1H4. The van der Waals surface area contributed by atoms with Crippen molar-refractivity contribution in [1.82, 2.24) is 19.9 Å². The number of anilines is 3. The average Bonchev–Trinajstić information content (AvgIpc) is 2.75. The van der Waals surface area contributed by atoms with Gasteiger partial charge in [0.25, 0.3) is 0 Å². The quantitative estimate of drug-likeness (QED) is 0.410. The van der Waals surface area contributed by atoms with Crippen molar-refractivity contribution in [3.05, 3.63) is 78.8 Å². The molecule has 2 aromatic heterocycles. The van der Waals surface area contributed by atoms with Gasteiger partial charge in [0.1, 0.15) is 11.6 Å². The van der Waals surface area contributed by atoms with Gasteiger partial charge in [0.2, 0.25) is 17.7 Å². The maximum absolute atomic E-state index is 12.7. The van der Waals surface area contributed by atoms with Gasteiger partial charge in [-0.25, -0.2) is 9.97 Å².